The van der Waals surface area contributed by atoms with Crippen LogP contribution in [0.25, 0.3) is 11.5 Å². The molecule has 0 fully saturated rings. The smallest absolute Gasteiger partial charge is 0.250 e. The molecule has 0 spiro atoms. The number of aromatic nitrogens is 2. The van der Waals surface area contributed by atoms with Crippen molar-refractivity contribution in [3.63, 3.8) is 0 Å². The molecule has 0 bridgehead atoms. The van der Waals surface area contributed by atoms with Crippen LogP contribution in [0.15, 0.2) is 62.8 Å². The number of rotatable bonds is 5. The van der Waals surface area contributed by atoms with Crippen molar-refractivity contribution in [2.75, 3.05) is 14.1 Å². The molecule has 26 heavy (non-hydrogen) atoms. The van der Waals surface area contributed by atoms with Gasteiger partial charge in [-0.2, -0.15) is 0 Å². The van der Waals surface area contributed by atoms with Crippen molar-refractivity contribution in [1.29, 1.82) is 0 Å². The van der Waals surface area contributed by atoms with Gasteiger partial charge < -0.3 is 8.98 Å². The Labute approximate surface area is 151 Å². The number of sulfonamides is 1. The molecule has 7 nitrogen and oxygen atoms in total. The van der Waals surface area contributed by atoms with Crippen LogP contribution in [-0.2, 0) is 16.6 Å². The van der Waals surface area contributed by atoms with Crippen molar-refractivity contribution in [2.45, 2.75) is 18.4 Å². The number of hydrogen-bond acceptors (Lipinski definition) is 5. The van der Waals surface area contributed by atoms with E-state index in [1.807, 2.05) is 30.3 Å². The third kappa shape index (κ3) is 3.47. The molecule has 0 radical (unpaired) electrons. The van der Waals surface area contributed by atoms with E-state index in [0.29, 0.717) is 17.3 Å². The minimum atomic E-state index is -3.63. The van der Waals surface area contributed by atoms with Crippen molar-refractivity contribution in [3.8, 4) is 11.5 Å². The van der Waals surface area contributed by atoms with Crippen molar-refractivity contribution in [2.24, 2.45) is 0 Å². The molecule has 136 valence electrons. The van der Waals surface area contributed by atoms with Gasteiger partial charge in [-0.1, -0.05) is 18.2 Å². The molecule has 0 saturated carbocycles. The number of hydrogen-bond donors (Lipinski definition) is 0. The van der Waals surface area contributed by atoms with Gasteiger partial charge in [0.05, 0.1) is 11.4 Å². The van der Waals surface area contributed by atoms with Crippen LogP contribution in [0.3, 0.4) is 0 Å². The summed E-state index contributed by atoms with van der Waals surface area (Å²) in [6, 6.07) is 12.0. The second-order valence-corrected chi connectivity index (χ2v) is 8.16. The van der Waals surface area contributed by atoms with Crippen LogP contribution in [0.5, 0.6) is 0 Å². The molecule has 2 aromatic heterocycles. The Hall–Kier alpha value is -2.71. The second-order valence-electron chi connectivity index (χ2n) is 6.01. The zero-order chi connectivity index (χ0) is 18.9. The summed E-state index contributed by atoms with van der Waals surface area (Å²) in [6.07, 6.45) is 1.33. The highest BCUT2D eigenvalue weighted by Gasteiger charge is 2.19. The summed E-state index contributed by atoms with van der Waals surface area (Å²) in [5.74, 6) is 1.04. The van der Waals surface area contributed by atoms with Crippen molar-refractivity contribution < 1.29 is 12.8 Å². The van der Waals surface area contributed by atoms with E-state index in [9.17, 15) is 13.2 Å². The second kappa shape index (κ2) is 6.89. The molecule has 0 unspecified atom stereocenters. The van der Waals surface area contributed by atoms with Gasteiger partial charge in [-0.25, -0.2) is 17.7 Å². The Bertz CT molecular complexity index is 1080. The Kier molecular flexibility index (Phi) is 4.80. The molecule has 0 aliphatic rings. The van der Waals surface area contributed by atoms with Crippen LogP contribution < -0.4 is 5.56 Å². The van der Waals surface area contributed by atoms with E-state index >= 15 is 0 Å². The predicted molar refractivity (Wildman–Crippen MR) is 97.4 cm³/mol. The Morgan fingerprint density at radius 3 is 2.46 bits per heavy atom. The number of oxazole rings is 1. The first kappa shape index (κ1) is 18.1. The molecule has 3 aromatic rings. The summed E-state index contributed by atoms with van der Waals surface area (Å²) in [7, 11) is -0.740. The third-order valence-corrected chi connectivity index (χ3v) is 5.77. The topological polar surface area (TPSA) is 85.4 Å². The highest BCUT2D eigenvalue weighted by atomic mass is 32.2. The molecular weight excluding hydrogens is 354 g/mol. The Balaban J connectivity index is 1.97. The highest BCUT2D eigenvalue weighted by molar-refractivity contribution is 7.89. The molecule has 8 heteroatoms. The summed E-state index contributed by atoms with van der Waals surface area (Å²) < 4.78 is 32.7. The molecule has 1 aromatic carbocycles. The van der Waals surface area contributed by atoms with E-state index in [2.05, 4.69) is 4.98 Å². The number of benzene rings is 1. The fourth-order valence-corrected chi connectivity index (χ4v) is 3.36. The van der Waals surface area contributed by atoms with Gasteiger partial charge in [0, 0.05) is 31.9 Å². The lowest BCUT2D eigenvalue weighted by molar-refractivity contribution is 0.518. The van der Waals surface area contributed by atoms with E-state index in [-0.39, 0.29) is 17.0 Å². The number of aryl methyl sites for hydroxylation is 1. The van der Waals surface area contributed by atoms with Crippen LogP contribution >= 0.6 is 0 Å². The summed E-state index contributed by atoms with van der Waals surface area (Å²) >= 11 is 0. The largest absolute Gasteiger partial charge is 0.441 e. The van der Waals surface area contributed by atoms with Gasteiger partial charge in [-0.3, -0.25) is 4.79 Å². The molecule has 0 aliphatic heterocycles. The SMILES string of the molecule is Cc1oc(-c2ccccc2)nc1Cn1cc(S(=O)(=O)N(C)C)ccc1=O. The van der Waals surface area contributed by atoms with E-state index in [1.54, 1.807) is 6.92 Å². The van der Waals surface area contributed by atoms with Gasteiger partial charge in [0.1, 0.15) is 11.5 Å². The van der Waals surface area contributed by atoms with Gasteiger partial charge in [-0.05, 0) is 25.1 Å². The molecule has 3 rings (SSSR count). The molecule has 2 heterocycles. The van der Waals surface area contributed by atoms with Gasteiger partial charge >= 0.3 is 0 Å². The monoisotopic (exact) mass is 373 g/mol. The van der Waals surface area contributed by atoms with Crippen molar-refractivity contribution >= 4 is 10.0 Å². The maximum absolute atomic E-state index is 12.3. The van der Waals surface area contributed by atoms with Crippen molar-refractivity contribution in [3.05, 3.63) is 70.5 Å². The normalized spacial score (nSPS) is 11.8. The molecular formula is C18H19N3O4S. The summed E-state index contributed by atoms with van der Waals surface area (Å²) in [5.41, 5.74) is 1.09. The summed E-state index contributed by atoms with van der Waals surface area (Å²) in [4.78, 5) is 16.7. The van der Waals surface area contributed by atoms with Gasteiger partial charge in [0.15, 0.2) is 0 Å². The maximum atomic E-state index is 12.3. The van der Waals surface area contributed by atoms with Crippen molar-refractivity contribution in [1.82, 2.24) is 13.9 Å². The fraction of sp³-hybridized carbons (Fsp3) is 0.222. The Morgan fingerprint density at radius 2 is 1.81 bits per heavy atom. The highest BCUT2D eigenvalue weighted by Crippen LogP contribution is 2.22. The molecule has 0 N–H and O–H groups in total. The minimum Gasteiger partial charge on any atom is -0.441 e. The van der Waals surface area contributed by atoms with E-state index in [0.717, 1.165) is 9.87 Å². The molecule has 0 aliphatic carbocycles. The van der Waals surface area contributed by atoms with Gasteiger partial charge in [0.25, 0.3) is 5.56 Å². The summed E-state index contributed by atoms with van der Waals surface area (Å²) in [5, 5.41) is 0. The lowest BCUT2D eigenvalue weighted by Crippen LogP contribution is -2.26. The zero-order valence-electron chi connectivity index (χ0n) is 14.7. The predicted octanol–water partition coefficient (Wildman–Crippen LogP) is 2.11. The zero-order valence-corrected chi connectivity index (χ0v) is 15.5. The number of nitrogens with zero attached hydrogens (tertiary/aromatic N) is 3. The van der Waals surface area contributed by atoms with Gasteiger partial charge in [-0.15, -0.1) is 0 Å². The standard InChI is InChI=1S/C18H19N3O4S/c1-13-16(19-18(25-13)14-7-5-4-6-8-14)12-21-11-15(9-10-17(21)22)26(23,24)20(2)3/h4-11H,12H2,1-3H3. The lowest BCUT2D eigenvalue weighted by atomic mass is 10.2. The van der Waals surface area contributed by atoms with Crippen LogP contribution in [0.1, 0.15) is 11.5 Å². The van der Waals surface area contributed by atoms with E-state index in [4.69, 9.17) is 4.42 Å². The lowest BCUT2D eigenvalue weighted by Gasteiger charge is -2.12. The first-order chi connectivity index (χ1) is 12.3. The fourth-order valence-electron chi connectivity index (χ4n) is 2.44. The summed E-state index contributed by atoms with van der Waals surface area (Å²) in [6.45, 7) is 1.89. The quantitative estimate of drug-likeness (QED) is 0.684. The van der Waals surface area contributed by atoms with Crippen LogP contribution in [0.4, 0.5) is 0 Å². The Morgan fingerprint density at radius 1 is 1.12 bits per heavy atom. The number of pyridine rings is 1. The maximum Gasteiger partial charge on any atom is 0.250 e. The average Bonchev–Trinajstić information content (AvgIpc) is 2.98. The molecule has 0 atom stereocenters. The van der Waals surface area contributed by atoms with E-state index in [1.165, 1.54) is 37.0 Å². The first-order valence-electron chi connectivity index (χ1n) is 7.94. The molecule has 0 saturated heterocycles. The van der Waals surface area contributed by atoms with Crippen LogP contribution in [0, 0.1) is 6.92 Å². The average molecular weight is 373 g/mol. The van der Waals surface area contributed by atoms with Crippen LogP contribution in [0.2, 0.25) is 0 Å². The van der Waals surface area contributed by atoms with E-state index < -0.39 is 10.0 Å². The third-order valence-electron chi connectivity index (χ3n) is 3.97. The first-order valence-corrected chi connectivity index (χ1v) is 9.38. The minimum absolute atomic E-state index is 0.0477. The van der Waals surface area contributed by atoms with Gasteiger partial charge in [0.2, 0.25) is 15.9 Å². The molecule has 0 amide bonds. The van der Waals surface area contributed by atoms with Crippen LogP contribution in [-0.4, -0.2) is 36.4 Å².